The summed E-state index contributed by atoms with van der Waals surface area (Å²) in [6, 6.07) is 15.6. The van der Waals surface area contributed by atoms with Gasteiger partial charge in [-0.3, -0.25) is 4.79 Å². The summed E-state index contributed by atoms with van der Waals surface area (Å²) in [5.41, 5.74) is 4.79. The minimum atomic E-state index is -0.197. The predicted octanol–water partition coefficient (Wildman–Crippen LogP) is 3.39. The second-order valence-electron chi connectivity index (χ2n) is 7.82. The van der Waals surface area contributed by atoms with E-state index < -0.39 is 0 Å². The van der Waals surface area contributed by atoms with E-state index in [1.54, 1.807) is 0 Å². The van der Waals surface area contributed by atoms with Gasteiger partial charge in [0.25, 0.3) is 0 Å². The molecule has 1 aliphatic heterocycles. The first kappa shape index (κ1) is 19.4. The van der Waals surface area contributed by atoms with Crippen molar-refractivity contribution >= 4 is 22.5 Å². The van der Waals surface area contributed by atoms with E-state index in [2.05, 4.69) is 10.4 Å². The number of ether oxygens (including phenoxy) is 2. The van der Waals surface area contributed by atoms with Gasteiger partial charge >= 0.3 is 0 Å². The third kappa shape index (κ3) is 3.67. The highest BCUT2D eigenvalue weighted by atomic mass is 16.6. The number of amides is 1. The Kier molecular flexibility index (Phi) is 4.94. The fraction of sp³-hybridized carbons (Fsp3) is 0.292. The van der Waals surface area contributed by atoms with Gasteiger partial charge in [0, 0.05) is 23.2 Å². The van der Waals surface area contributed by atoms with Gasteiger partial charge in [-0.05, 0) is 50.1 Å². The zero-order chi connectivity index (χ0) is 21.4. The van der Waals surface area contributed by atoms with E-state index in [1.165, 1.54) is 0 Å². The highest BCUT2D eigenvalue weighted by Crippen LogP contribution is 2.30. The zero-order valence-electron chi connectivity index (χ0n) is 17.6. The van der Waals surface area contributed by atoms with Crippen molar-refractivity contribution in [3.63, 3.8) is 0 Å². The van der Waals surface area contributed by atoms with Crippen LogP contribution < -0.4 is 14.8 Å². The summed E-state index contributed by atoms with van der Waals surface area (Å²) in [5, 5.41) is 8.68. The number of hydrogen-bond donors (Lipinski definition) is 1. The van der Waals surface area contributed by atoms with Crippen molar-refractivity contribution in [1.82, 2.24) is 19.9 Å². The van der Waals surface area contributed by atoms with Crippen LogP contribution in [0.3, 0.4) is 0 Å². The number of fused-ring (bicyclic) bond motifs is 4. The van der Waals surface area contributed by atoms with Crippen LogP contribution in [0.1, 0.15) is 23.4 Å². The molecule has 1 N–H and O–H groups in total. The summed E-state index contributed by atoms with van der Waals surface area (Å²) in [7, 11) is 0. The first-order valence-corrected chi connectivity index (χ1v) is 10.5. The van der Waals surface area contributed by atoms with E-state index in [1.807, 2.05) is 66.9 Å². The van der Waals surface area contributed by atoms with Crippen LogP contribution in [0.15, 0.2) is 48.5 Å². The maximum absolute atomic E-state index is 12.5. The molecule has 0 aliphatic carbocycles. The molecule has 7 nitrogen and oxygen atoms in total. The molecule has 158 valence electrons. The predicted molar refractivity (Wildman–Crippen MR) is 118 cm³/mol. The Morgan fingerprint density at radius 2 is 1.90 bits per heavy atom. The van der Waals surface area contributed by atoms with Crippen LogP contribution in [0, 0.1) is 13.8 Å². The molecule has 0 fully saturated rings. The number of nitrogens with zero attached hydrogens (tertiary/aromatic N) is 3. The third-order valence-electron chi connectivity index (χ3n) is 5.71. The van der Waals surface area contributed by atoms with Gasteiger partial charge in [-0.15, -0.1) is 0 Å². The van der Waals surface area contributed by atoms with Crippen molar-refractivity contribution in [2.24, 2.45) is 0 Å². The lowest BCUT2D eigenvalue weighted by Gasteiger charge is -2.26. The van der Waals surface area contributed by atoms with E-state index >= 15 is 0 Å². The molecule has 0 unspecified atom stereocenters. The number of carbonyl (C=O) groups is 1. The van der Waals surface area contributed by atoms with Crippen molar-refractivity contribution < 1.29 is 14.3 Å². The monoisotopic (exact) mass is 416 g/mol. The average molecular weight is 416 g/mol. The number of aromatic nitrogens is 3. The summed E-state index contributed by atoms with van der Waals surface area (Å²) in [6.45, 7) is 4.86. The van der Waals surface area contributed by atoms with Crippen molar-refractivity contribution in [2.45, 2.75) is 32.8 Å². The topological polar surface area (TPSA) is 77.8 Å². The smallest absolute Gasteiger partial charge is 0.220 e. The number of aryl methyl sites for hydroxylation is 2. The second-order valence-corrected chi connectivity index (χ2v) is 7.82. The fourth-order valence-corrected chi connectivity index (χ4v) is 4.06. The van der Waals surface area contributed by atoms with Crippen LogP contribution in [0.25, 0.3) is 16.6 Å². The Labute approximate surface area is 180 Å². The first-order valence-electron chi connectivity index (χ1n) is 10.5. The molecular weight excluding hydrogens is 392 g/mol. The largest absolute Gasteiger partial charge is 0.486 e. The molecule has 31 heavy (non-hydrogen) atoms. The van der Waals surface area contributed by atoms with Gasteiger partial charge in [0.05, 0.1) is 12.1 Å². The van der Waals surface area contributed by atoms with Crippen molar-refractivity contribution in [1.29, 1.82) is 0 Å². The van der Waals surface area contributed by atoms with Crippen molar-refractivity contribution in [2.75, 3.05) is 13.2 Å². The normalized spacial score (nSPS) is 15.4. The molecule has 4 aromatic rings. The van der Waals surface area contributed by atoms with Gasteiger partial charge in [0.1, 0.15) is 12.7 Å². The van der Waals surface area contributed by atoms with Crippen molar-refractivity contribution in [3.05, 3.63) is 65.5 Å². The van der Waals surface area contributed by atoms with E-state index in [4.69, 9.17) is 14.5 Å². The van der Waals surface area contributed by atoms with Crippen LogP contribution in [-0.2, 0) is 11.2 Å². The first-order chi connectivity index (χ1) is 15.1. The van der Waals surface area contributed by atoms with Crippen LogP contribution in [0.4, 0.5) is 0 Å². The SMILES string of the molecule is Cc1nc2c3ccccc3nn2c(C)c1CCC(=O)NC[C@@H]1COc2ccccc2O1. The average Bonchev–Trinajstić information content (AvgIpc) is 3.16. The number of nitrogens with one attached hydrogen (secondary N) is 1. The van der Waals surface area contributed by atoms with Crippen LogP contribution in [0.5, 0.6) is 11.5 Å². The fourth-order valence-electron chi connectivity index (χ4n) is 4.06. The Balaban J connectivity index is 1.23. The molecule has 1 aliphatic rings. The summed E-state index contributed by atoms with van der Waals surface area (Å²) < 4.78 is 13.5. The van der Waals surface area contributed by atoms with Gasteiger partial charge in [-0.25, -0.2) is 9.50 Å². The maximum atomic E-state index is 12.5. The van der Waals surface area contributed by atoms with E-state index in [0.29, 0.717) is 31.7 Å². The number of carbonyl (C=O) groups excluding carboxylic acids is 1. The molecule has 0 saturated heterocycles. The van der Waals surface area contributed by atoms with Crippen LogP contribution in [-0.4, -0.2) is 39.8 Å². The number of para-hydroxylation sites is 2. The Morgan fingerprint density at radius 1 is 1.13 bits per heavy atom. The number of rotatable bonds is 5. The summed E-state index contributed by atoms with van der Waals surface area (Å²) >= 11 is 0. The van der Waals surface area contributed by atoms with Gasteiger partial charge < -0.3 is 14.8 Å². The lowest BCUT2D eigenvalue weighted by Crippen LogP contribution is -2.40. The Bertz CT molecular complexity index is 1280. The molecule has 0 spiro atoms. The minimum absolute atomic E-state index is 0.0213. The third-order valence-corrected chi connectivity index (χ3v) is 5.71. The summed E-state index contributed by atoms with van der Waals surface area (Å²) in [4.78, 5) is 17.3. The van der Waals surface area contributed by atoms with E-state index in [-0.39, 0.29) is 12.0 Å². The highest BCUT2D eigenvalue weighted by Gasteiger charge is 2.21. The molecule has 0 bridgehead atoms. The summed E-state index contributed by atoms with van der Waals surface area (Å²) in [5.74, 6) is 1.43. The van der Waals surface area contributed by atoms with Crippen LogP contribution >= 0.6 is 0 Å². The molecule has 3 heterocycles. The van der Waals surface area contributed by atoms with Crippen LogP contribution in [0.2, 0.25) is 0 Å². The van der Waals surface area contributed by atoms with Gasteiger partial charge in [-0.2, -0.15) is 5.10 Å². The lowest BCUT2D eigenvalue weighted by atomic mass is 10.1. The van der Waals surface area contributed by atoms with Gasteiger partial charge in [0.15, 0.2) is 17.1 Å². The molecule has 7 heteroatoms. The zero-order valence-corrected chi connectivity index (χ0v) is 17.6. The summed E-state index contributed by atoms with van der Waals surface area (Å²) in [6.07, 6.45) is 0.782. The number of hydrogen-bond acceptors (Lipinski definition) is 5. The number of benzene rings is 2. The van der Waals surface area contributed by atoms with Crippen molar-refractivity contribution in [3.8, 4) is 11.5 Å². The molecule has 0 radical (unpaired) electrons. The Morgan fingerprint density at radius 3 is 2.77 bits per heavy atom. The standard InChI is InChI=1S/C24H24N4O3/c1-15-18(16(2)28-24(26-15)19-7-3-4-8-20(19)27-28)11-12-23(29)25-13-17-14-30-21-9-5-6-10-22(21)31-17/h3-10,17H,11-14H2,1-2H3,(H,25,29)/t17-/m1/s1. The molecular formula is C24H24N4O3. The van der Waals surface area contributed by atoms with Gasteiger partial charge in [0.2, 0.25) is 5.91 Å². The second kappa shape index (κ2) is 7.91. The molecule has 2 aromatic heterocycles. The minimum Gasteiger partial charge on any atom is -0.486 e. The van der Waals surface area contributed by atoms with Gasteiger partial charge in [-0.1, -0.05) is 24.3 Å². The van der Waals surface area contributed by atoms with E-state index in [0.717, 1.165) is 39.3 Å². The molecule has 1 amide bonds. The quantitative estimate of drug-likeness (QED) is 0.540. The molecule has 1 atom stereocenters. The molecule has 0 saturated carbocycles. The maximum Gasteiger partial charge on any atom is 0.220 e. The highest BCUT2D eigenvalue weighted by molar-refractivity contribution is 5.92. The Hall–Kier alpha value is -3.61. The molecule has 2 aromatic carbocycles. The lowest BCUT2D eigenvalue weighted by molar-refractivity contribution is -0.121. The van der Waals surface area contributed by atoms with E-state index in [9.17, 15) is 4.79 Å². The molecule has 5 rings (SSSR count).